The maximum absolute atomic E-state index is 12.5. The Morgan fingerprint density at radius 1 is 1.36 bits per heavy atom. The standard InChI is InChI=1S/C19H25N3O3/c1-4-11-20-18(23)13-22-12-17(19(24)21-14(5-2)6-3)25-16-10-8-7-9-15(16)22/h1,7-10,14,17H,5-6,11-13H2,2-3H3,(H,20,23)(H,21,24). The van der Waals surface area contributed by atoms with Crippen molar-refractivity contribution in [2.24, 2.45) is 0 Å². The van der Waals surface area contributed by atoms with Crippen molar-refractivity contribution >= 4 is 17.5 Å². The lowest BCUT2D eigenvalue weighted by molar-refractivity contribution is -0.129. The molecule has 1 atom stereocenters. The molecule has 2 amide bonds. The van der Waals surface area contributed by atoms with Crippen molar-refractivity contribution in [1.29, 1.82) is 0 Å². The fourth-order valence-corrected chi connectivity index (χ4v) is 2.76. The first-order chi connectivity index (χ1) is 12.1. The SMILES string of the molecule is C#CCNC(=O)CN1CC(C(=O)NC(CC)CC)Oc2ccccc21. The molecule has 2 N–H and O–H groups in total. The van der Waals surface area contributed by atoms with E-state index in [1.807, 2.05) is 36.9 Å². The maximum atomic E-state index is 12.5. The molecule has 25 heavy (non-hydrogen) atoms. The van der Waals surface area contributed by atoms with Crippen LogP contribution < -0.4 is 20.3 Å². The van der Waals surface area contributed by atoms with E-state index >= 15 is 0 Å². The Labute approximate surface area is 148 Å². The minimum absolute atomic E-state index is 0.122. The summed E-state index contributed by atoms with van der Waals surface area (Å²) in [5.74, 6) is 2.64. The Balaban J connectivity index is 2.12. The number of anilines is 1. The van der Waals surface area contributed by atoms with Crippen LogP contribution in [0, 0.1) is 12.3 Å². The molecule has 0 bridgehead atoms. The summed E-state index contributed by atoms with van der Waals surface area (Å²) in [4.78, 5) is 26.4. The van der Waals surface area contributed by atoms with E-state index < -0.39 is 6.10 Å². The van der Waals surface area contributed by atoms with Crippen molar-refractivity contribution in [3.05, 3.63) is 24.3 Å². The molecule has 134 valence electrons. The first kappa shape index (κ1) is 18.7. The van der Waals surface area contributed by atoms with Gasteiger partial charge in [-0.05, 0) is 25.0 Å². The Morgan fingerprint density at radius 2 is 2.08 bits per heavy atom. The van der Waals surface area contributed by atoms with Crippen LogP contribution >= 0.6 is 0 Å². The summed E-state index contributed by atoms with van der Waals surface area (Å²) in [5.41, 5.74) is 0.796. The zero-order chi connectivity index (χ0) is 18.2. The number of hydrogen-bond acceptors (Lipinski definition) is 4. The predicted octanol–water partition coefficient (Wildman–Crippen LogP) is 1.31. The molecule has 1 aliphatic heterocycles. The summed E-state index contributed by atoms with van der Waals surface area (Å²) in [6.45, 7) is 4.69. The van der Waals surface area contributed by atoms with Crippen LogP contribution in [-0.4, -0.2) is 43.6 Å². The normalized spacial score (nSPS) is 15.8. The van der Waals surface area contributed by atoms with E-state index in [2.05, 4.69) is 16.6 Å². The number of fused-ring (bicyclic) bond motifs is 1. The first-order valence-electron chi connectivity index (χ1n) is 8.60. The zero-order valence-electron chi connectivity index (χ0n) is 14.7. The van der Waals surface area contributed by atoms with Crippen molar-refractivity contribution in [3.63, 3.8) is 0 Å². The largest absolute Gasteiger partial charge is 0.477 e. The highest BCUT2D eigenvalue weighted by molar-refractivity contribution is 5.86. The third kappa shape index (κ3) is 4.90. The average molecular weight is 343 g/mol. The van der Waals surface area contributed by atoms with Gasteiger partial charge in [0.1, 0.15) is 5.75 Å². The van der Waals surface area contributed by atoms with Crippen LogP contribution in [0.5, 0.6) is 5.75 Å². The molecule has 0 fully saturated rings. The minimum Gasteiger partial charge on any atom is -0.477 e. The lowest BCUT2D eigenvalue weighted by Gasteiger charge is -2.35. The second-order valence-corrected chi connectivity index (χ2v) is 5.96. The van der Waals surface area contributed by atoms with Gasteiger partial charge in [-0.2, -0.15) is 0 Å². The van der Waals surface area contributed by atoms with Gasteiger partial charge < -0.3 is 20.3 Å². The summed E-state index contributed by atoms with van der Waals surface area (Å²) >= 11 is 0. The van der Waals surface area contributed by atoms with Gasteiger partial charge in [0.05, 0.1) is 25.3 Å². The number of para-hydroxylation sites is 2. The van der Waals surface area contributed by atoms with Crippen molar-refractivity contribution in [2.75, 3.05) is 24.5 Å². The molecule has 0 spiro atoms. The number of carbonyl (C=O) groups is 2. The van der Waals surface area contributed by atoms with E-state index in [-0.39, 0.29) is 30.9 Å². The number of benzene rings is 1. The van der Waals surface area contributed by atoms with Crippen molar-refractivity contribution in [1.82, 2.24) is 10.6 Å². The number of terminal acetylenes is 1. The van der Waals surface area contributed by atoms with Gasteiger partial charge in [0.15, 0.2) is 6.10 Å². The number of hydrogen-bond donors (Lipinski definition) is 2. The highest BCUT2D eigenvalue weighted by Gasteiger charge is 2.32. The third-order valence-corrected chi connectivity index (χ3v) is 4.21. The van der Waals surface area contributed by atoms with Gasteiger partial charge in [-0.15, -0.1) is 6.42 Å². The average Bonchev–Trinajstić information content (AvgIpc) is 2.64. The van der Waals surface area contributed by atoms with Crippen LogP contribution in [0.2, 0.25) is 0 Å². The number of ether oxygens (including phenoxy) is 1. The van der Waals surface area contributed by atoms with E-state index in [1.165, 1.54) is 0 Å². The van der Waals surface area contributed by atoms with Gasteiger partial charge in [0, 0.05) is 6.04 Å². The van der Waals surface area contributed by atoms with Crippen molar-refractivity contribution in [3.8, 4) is 18.1 Å². The van der Waals surface area contributed by atoms with Crippen LogP contribution in [0.1, 0.15) is 26.7 Å². The highest BCUT2D eigenvalue weighted by Crippen LogP contribution is 2.32. The number of nitrogens with one attached hydrogen (secondary N) is 2. The predicted molar refractivity (Wildman–Crippen MR) is 97.4 cm³/mol. The minimum atomic E-state index is -0.657. The number of amides is 2. The lowest BCUT2D eigenvalue weighted by atomic mass is 10.1. The molecule has 6 nitrogen and oxygen atoms in total. The maximum Gasteiger partial charge on any atom is 0.263 e. The molecule has 0 aliphatic carbocycles. The Bertz CT molecular complexity index is 650. The van der Waals surface area contributed by atoms with E-state index in [0.717, 1.165) is 18.5 Å². The second-order valence-electron chi connectivity index (χ2n) is 5.96. The summed E-state index contributed by atoms with van der Waals surface area (Å²) in [5, 5.41) is 5.65. The summed E-state index contributed by atoms with van der Waals surface area (Å²) in [6, 6.07) is 7.52. The molecular weight excluding hydrogens is 318 g/mol. The summed E-state index contributed by atoms with van der Waals surface area (Å²) < 4.78 is 5.86. The Hall–Kier alpha value is -2.68. The molecule has 0 radical (unpaired) electrons. The van der Waals surface area contributed by atoms with E-state index in [4.69, 9.17) is 11.2 Å². The van der Waals surface area contributed by atoms with Crippen LogP contribution in [0.15, 0.2) is 24.3 Å². The first-order valence-corrected chi connectivity index (χ1v) is 8.60. The van der Waals surface area contributed by atoms with Gasteiger partial charge in [-0.3, -0.25) is 9.59 Å². The smallest absolute Gasteiger partial charge is 0.263 e. The zero-order valence-corrected chi connectivity index (χ0v) is 14.7. The van der Waals surface area contributed by atoms with Crippen LogP contribution in [0.3, 0.4) is 0 Å². The Morgan fingerprint density at radius 3 is 2.76 bits per heavy atom. The topological polar surface area (TPSA) is 70.7 Å². The van der Waals surface area contributed by atoms with Crippen LogP contribution in [0.25, 0.3) is 0 Å². The molecule has 6 heteroatoms. The quantitative estimate of drug-likeness (QED) is 0.733. The number of rotatable bonds is 7. The molecule has 0 saturated heterocycles. The molecule has 1 aromatic rings. The number of nitrogens with zero attached hydrogens (tertiary/aromatic N) is 1. The van der Waals surface area contributed by atoms with Crippen LogP contribution in [0.4, 0.5) is 5.69 Å². The second kappa shape index (κ2) is 8.97. The fraction of sp³-hybridized carbons (Fsp3) is 0.474. The van der Waals surface area contributed by atoms with E-state index in [1.54, 1.807) is 6.07 Å². The van der Waals surface area contributed by atoms with E-state index in [9.17, 15) is 9.59 Å². The van der Waals surface area contributed by atoms with Gasteiger partial charge in [-0.1, -0.05) is 31.9 Å². The monoisotopic (exact) mass is 343 g/mol. The van der Waals surface area contributed by atoms with Crippen molar-refractivity contribution < 1.29 is 14.3 Å². The van der Waals surface area contributed by atoms with Crippen LogP contribution in [-0.2, 0) is 9.59 Å². The molecule has 1 aliphatic rings. The van der Waals surface area contributed by atoms with E-state index in [0.29, 0.717) is 12.3 Å². The number of carbonyl (C=O) groups excluding carboxylic acids is 2. The molecule has 1 aromatic carbocycles. The van der Waals surface area contributed by atoms with Gasteiger partial charge >= 0.3 is 0 Å². The Kier molecular flexibility index (Phi) is 6.70. The molecule has 1 heterocycles. The third-order valence-electron chi connectivity index (χ3n) is 4.21. The van der Waals surface area contributed by atoms with Gasteiger partial charge in [-0.25, -0.2) is 0 Å². The molecule has 2 rings (SSSR count). The van der Waals surface area contributed by atoms with Gasteiger partial charge in [0.2, 0.25) is 5.91 Å². The molecule has 0 aromatic heterocycles. The molecule has 0 saturated carbocycles. The van der Waals surface area contributed by atoms with Crippen molar-refractivity contribution in [2.45, 2.75) is 38.8 Å². The molecular formula is C19H25N3O3. The molecule has 1 unspecified atom stereocenters. The summed E-state index contributed by atoms with van der Waals surface area (Å²) in [7, 11) is 0. The lowest BCUT2D eigenvalue weighted by Crippen LogP contribution is -2.52. The van der Waals surface area contributed by atoms with Gasteiger partial charge in [0.25, 0.3) is 5.91 Å². The summed E-state index contributed by atoms with van der Waals surface area (Å²) in [6.07, 6.45) is 6.24. The highest BCUT2D eigenvalue weighted by atomic mass is 16.5. The fourth-order valence-electron chi connectivity index (χ4n) is 2.76.